The number of ether oxygens (including phenoxy) is 1. The summed E-state index contributed by atoms with van der Waals surface area (Å²) in [6.45, 7) is 1.77. The molecule has 3 aromatic carbocycles. The third kappa shape index (κ3) is 3.47. The Morgan fingerprint density at radius 3 is 2.29 bits per heavy atom. The van der Waals surface area contributed by atoms with Gasteiger partial charge in [0.2, 0.25) is 0 Å². The molecule has 0 amide bonds. The average Bonchev–Trinajstić information content (AvgIpc) is 3.16. The smallest absolute Gasteiger partial charge is 0.344 e. The molecule has 7 heteroatoms. The number of hydrogen-bond acceptors (Lipinski definition) is 5. The molecule has 0 spiro atoms. The summed E-state index contributed by atoms with van der Waals surface area (Å²) in [5.41, 5.74) is 1.45. The summed E-state index contributed by atoms with van der Waals surface area (Å²) in [6, 6.07) is 23.0. The Morgan fingerprint density at radius 2 is 1.59 bits per heavy atom. The lowest BCUT2D eigenvalue weighted by Gasteiger charge is -2.18. The van der Waals surface area contributed by atoms with Gasteiger partial charge in [0.15, 0.2) is 0 Å². The summed E-state index contributed by atoms with van der Waals surface area (Å²) in [5.74, 6) is -0.454. The first-order valence-corrected chi connectivity index (χ1v) is 10.7. The van der Waals surface area contributed by atoms with Gasteiger partial charge in [-0.25, -0.2) is 9.48 Å². The zero-order valence-electron chi connectivity index (χ0n) is 18.6. The van der Waals surface area contributed by atoms with Gasteiger partial charge in [0, 0.05) is 5.69 Å². The second kappa shape index (κ2) is 8.44. The van der Waals surface area contributed by atoms with Gasteiger partial charge in [-0.05, 0) is 48.9 Å². The number of aromatic nitrogens is 2. The number of fused-ring (bicyclic) bond motifs is 1. The van der Waals surface area contributed by atoms with E-state index in [2.05, 4.69) is 5.10 Å². The Labute approximate surface area is 194 Å². The van der Waals surface area contributed by atoms with E-state index in [0.717, 1.165) is 0 Å². The standard InChI is InChI=1S/C27H22N2O5/c1-16-22(26(31)29(28-16)18-8-4-3-5-9-18)23(17-12-14-19(33-2)15-13-17)24-25(30)20-10-6-7-11-21(20)34-27(24)32/h3-15,23,28,30H,1-2H3. The van der Waals surface area contributed by atoms with Crippen LogP contribution in [0.3, 0.4) is 0 Å². The predicted molar refractivity (Wildman–Crippen MR) is 129 cm³/mol. The first kappa shape index (κ1) is 21.3. The van der Waals surface area contributed by atoms with Crippen LogP contribution in [-0.2, 0) is 0 Å². The van der Waals surface area contributed by atoms with Crippen molar-refractivity contribution in [2.24, 2.45) is 0 Å². The van der Waals surface area contributed by atoms with Crippen molar-refractivity contribution >= 4 is 11.0 Å². The van der Waals surface area contributed by atoms with Crippen LogP contribution < -0.4 is 15.9 Å². The molecule has 0 saturated carbocycles. The van der Waals surface area contributed by atoms with Crippen LogP contribution in [0.25, 0.3) is 16.7 Å². The van der Waals surface area contributed by atoms with Gasteiger partial charge in [-0.15, -0.1) is 0 Å². The number of para-hydroxylation sites is 2. The lowest BCUT2D eigenvalue weighted by molar-refractivity contribution is 0.414. The summed E-state index contributed by atoms with van der Waals surface area (Å²) in [6.07, 6.45) is 0. The number of benzene rings is 3. The number of rotatable bonds is 5. The summed E-state index contributed by atoms with van der Waals surface area (Å²) >= 11 is 0. The molecule has 34 heavy (non-hydrogen) atoms. The monoisotopic (exact) mass is 454 g/mol. The molecule has 5 aromatic rings. The van der Waals surface area contributed by atoms with Crippen molar-refractivity contribution in [1.29, 1.82) is 0 Å². The van der Waals surface area contributed by atoms with Gasteiger partial charge in [-0.3, -0.25) is 9.89 Å². The minimum Gasteiger partial charge on any atom is -0.507 e. The molecule has 2 N–H and O–H groups in total. The number of nitrogens with one attached hydrogen (secondary N) is 1. The van der Waals surface area contributed by atoms with E-state index in [1.54, 1.807) is 62.6 Å². The molecule has 0 radical (unpaired) electrons. The molecule has 2 heterocycles. The second-order valence-corrected chi connectivity index (χ2v) is 7.98. The number of aromatic hydroxyl groups is 1. The second-order valence-electron chi connectivity index (χ2n) is 7.98. The van der Waals surface area contributed by atoms with Crippen molar-refractivity contribution in [3.63, 3.8) is 0 Å². The van der Waals surface area contributed by atoms with Gasteiger partial charge in [-0.2, -0.15) is 0 Å². The lowest BCUT2D eigenvalue weighted by Crippen LogP contribution is -2.23. The molecule has 7 nitrogen and oxygen atoms in total. The maximum Gasteiger partial charge on any atom is 0.344 e. The van der Waals surface area contributed by atoms with Gasteiger partial charge >= 0.3 is 5.63 Å². The third-order valence-corrected chi connectivity index (χ3v) is 5.98. The summed E-state index contributed by atoms with van der Waals surface area (Å²) in [7, 11) is 1.56. The van der Waals surface area contributed by atoms with E-state index in [4.69, 9.17) is 9.15 Å². The first-order chi connectivity index (χ1) is 16.5. The fourth-order valence-electron chi connectivity index (χ4n) is 4.33. The molecule has 1 atom stereocenters. The number of methoxy groups -OCH3 is 1. The van der Waals surface area contributed by atoms with Crippen LogP contribution in [0.15, 0.2) is 92.9 Å². The molecule has 1 unspecified atom stereocenters. The van der Waals surface area contributed by atoms with E-state index in [-0.39, 0.29) is 22.5 Å². The van der Waals surface area contributed by atoms with Crippen molar-refractivity contribution < 1.29 is 14.3 Å². The van der Waals surface area contributed by atoms with Gasteiger partial charge in [0.25, 0.3) is 5.56 Å². The van der Waals surface area contributed by atoms with E-state index in [9.17, 15) is 14.7 Å². The zero-order chi connectivity index (χ0) is 23.8. The Balaban J connectivity index is 1.82. The largest absolute Gasteiger partial charge is 0.507 e. The Bertz CT molecular complexity index is 1590. The highest BCUT2D eigenvalue weighted by molar-refractivity contribution is 5.84. The third-order valence-electron chi connectivity index (χ3n) is 5.98. The fourth-order valence-corrected chi connectivity index (χ4v) is 4.33. The van der Waals surface area contributed by atoms with Crippen LogP contribution in [-0.4, -0.2) is 22.0 Å². The molecule has 5 rings (SSSR count). The van der Waals surface area contributed by atoms with Gasteiger partial charge in [0.05, 0.1) is 35.2 Å². The number of aryl methyl sites for hydroxylation is 1. The molecule has 0 bridgehead atoms. The van der Waals surface area contributed by atoms with Crippen molar-refractivity contribution in [2.45, 2.75) is 12.8 Å². The van der Waals surface area contributed by atoms with E-state index in [1.165, 1.54) is 4.68 Å². The predicted octanol–water partition coefficient (Wildman–Crippen LogP) is 4.47. The van der Waals surface area contributed by atoms with E-state index >= 15 is 0 Å². The molecule has 0 fully saturated rings. The first-order valence-electron chi connectivity index (χ1n) is 10.7. The molecule has 0 saturated heterocycles. The highest BCUT2D eigenvalue weighted by Crippen LogP contribution is 2.38. The van der Waals surface area contributed by atoms with Crippen molar-refractivity contribution in [2.75, 3.05) is 7.11 Å². The van der Waals surface area contributed by atoms with Crippen LogP contribution in [0.5, 0.6) is 11.5 Å². The van der Waals surface area contributed by atoms with Crippen LogP contribution in [0.2, 0.25) is 0 Å². The highest BCUT2D eigenvalue weighted by Gasteiger charge is 2.31. The normalized spacial score (nSPS) is 12.1. The molecule has 0 aliphatic heterocycles. The topological polar surface area (TPSA) is 97.5 Å². The zero-order valence-corrected chi connectivity index (χ0v) is 18.6. The Morgan fingerprint density at radius 1 is 0.912 bits per heavy atom. The van der Waals surface area contributed by atoms with E-state index in [1.807, 2.05) is 30.3 Å². The number of aromatic amines is 1. The summed E-state index contributed by atoms with van der Waals surface area (Å²) < 4.78 is 12.3. The minimum absolute atomic E-state index is 0.00304. The molecule has 170 valence electrons. The van der Waals surface area contributed by atoms with Gasteiger partial charge < -0.3 is 14.3 Å². The molecular weight excluding hydrogens is 432 g/mol. The SMILES string of the molecule is COc1ccc(C(c2c(O)c3ccccc3oc2=O)c2c(C)[nH]n(-c3ccccc3)c2=O)cc1. The van der Waals surface area contributed by atoms with Crippen LogP contribution in [0, 0.1) is 6.92 Å². The van der Waals surface area contributed by atoms with Crippen LogP contribution >= 0.6 is 0 Å². The number of hydrogen-bond donors (Lipinski definition) is 2. The maximum atomic E-state index is 13.7. The highest BCUT2D eigenvalue weighted by atomic mass is 16.5. The molecule has 2 aromatic heterocycles. The van der Waals surface area contributed by atoms with Crippen molar-refractivity contribution in [1.82, 2.24) is 9.78 Å². The van der Waals surface area contributed by atoms with Crippen molar-refractivity contribution in [3.05, 3.63) is 122 Å². The van der Waals surface area contributed by atoms with Gasteiger partial charge in [-0.1, -0.05) is 42.5 Å². The van der Waals surface area contributed by atoms with Crippen molar-refractivity contribution in [3.8, 4) is 17.2 Å². The summed E-state index contributed by atoms with van der Waals surface area (Å²) in [4.78, 5) is 26.9. The molecule has 0 aliphatic carbocycles. The van der Waals surface area contributed by atoms with E-state index < -0.39 is 11.5 Å². The van der Waals surface area contributed by atoms with Gasteiger partial charge in [0.1, 0.15) is 17.1 Å². The number of nitrogens with zero attached hydrogens (tertiary/aromatic N) is 1. The minimum atomic E-state index is -0.875. The van der Waals surface area contributed by atoms with E-state index in [0.29, 0.717) is 33.6 Å². The van der Waals surface area contributed by atoms with Crippen LogP contribution in [0.1, 0.15) is 28.3 Å². The lowest BCUT2D eigenvalue weighted by atomic mass is 9.85. The fraction of sp³-hybridized carbons (Fsp3) is 0.111. The average molecular weight is 454 g/mol. The summed E-state index contributed by atoms with van der Waals surface area (Å²) in [5, 5.41) is 14.7. The molecular formula is C27H22N2O5. The molecule has 0 aliphatic rings. The maximum absolute atomic E-state index is 13.7. The Hall–Kier alpha value is -4.52. The Kier molecular flexibility index (Phi) is 5.30. The quantitative estimate of drug-likeness (QED) is 0.382. The van der Waals surface area contributed by atoms with Crippen LogP contribution in [0.4, 0.5) is 0 Å². The number of H-pyrrole nitrogens is 1.